The maximum Gasteiger partial charge on any atom is 0.363 e. The van der Waals surface area contributed by atoms with E-state index in [2.05, 4.69) is 24.0 Å². The third-order valence-corrected chi connectivity index (χ3v) is 6.47. The summed E-state index contributed by atoms with van der Waals surface area (Å²) >= 11 is 1.75. The Morgan fingerprint density at radius 2 is 1.64 bits per heavy atom. The number of piperidine rings is 1. The van der Waals surface area contributed by atoms with Gasteiger partial charge in [0.15, 0.2) is 0 Å². The van der Waals surface area contributed by atoms with Gasteiger partial charge in [-0.05, 0) is 48.6 Å². The lowest BCUT2D eigenvalue weighted by molar-refractivity contribution is -0.172. The van der Waals surface area contributed by atoms with Gasteiger partial charge in [0.25, 0.3) is 11.8 Å². The van der Waals surface area contributed by atoms with Crippen LogP contribution in [0.4, 0.5) is 5.00 Å². The molecule has 2 fully saturated rings. The van der Waals surface area contributed by atoms with E-state index in [1.54, 1.807) is 23.5 Å². The molecule has 2 saturated heterocycles. The summed E-state index contributed by atoms with van der Waals surface area (Å²) in [6.45, 7) is 4.50. The maximum absolute atomic E-state index is 12.2. The molecule has 2 aliphatic rings. The van der Waals surface area contributed by atoms with Crippen molar-refractivity contribution in [3.05, 3.63) is 42.0 Å². The van der Waals surface area contributed by atoms with Crippen molar-refractivity contribution in [3.8, 4) is 10.4 Å². The molecular weight excluding hydrogens is 376 g/mol. The van der Waals surface area contributed by atoms with Crippen molar-refractivity contribution >= 4 is 34.1 Å². The van der Waals surface area contributed by atoms with E-state index in [9.17, 15) is 14.4 Å². The predicted octanol–water partition coefficient (Wildman–Crippen LogP) is 3.87. The highest BCUT2D eigenvalue weighted by Crippen LogP contribution is 2.35. The largest absolute Gasteiger partial charge is 0.363 e. The van der Waals surface area contributed by atoms with E-state index in [0.717, 1.165) is 29.4 Å². The standard InChI is InChI=1S/C21H22N2O4S/c1-14-10-12-22(13-11-14)20-9-6-17(28-20)15-2-4-16(5-3-15)21(26)27-23-18(24)7-8-19(23)25/h2-6,9,14H,7-8,10-13H2,1H3. The molecule has 2 amide bonds. The van der Waals surface area contributed by atoms with E-state index < -0.39 is 17.8 Å². The zero-order valence-electron chi connectivity index (χ0n) is 15.7. The molecular formula is C21H22N2O4S. The first kappa shape index (κ1) is 18.7. The molecule has 0 radical (unpaired) electrons. The van der Waals surface area contributed by atoms with Gasteiger partial charge in [0.2, 0.25) is 0 Å². The third-order valence-electron chi connectivity index (χ3n) is 5.27. The highest BCUT2D eigenvalue weighted by Gasteiger charge is 2.33. The molecule has 0 N–H and O–H groups in total. The molecule has 3 heterocycles. The number of hydrogen-bond donors (Lipinski definition) is 0. The molecule has 0 aliphatic carbocycles. The van der Waals surface area contributed by atoms with Crippen LogP contribution >= 0.6 is 11.3 Å². The lowest BCUT2D eigenvalue weighted by atomic mass is 10.00. The first-order chi connectivity index (χ1) is 13.5. The van der Waals surface area contributed by atoms with Gasteiger partial charge in [0, 0.05) is 30.8 Å². The molecule has 6 nitrogen and oxygen atoms in total. The summed E-state index contributed by atoms with van der Waals surface area (Å²) < 4.78 is 0. The van der Waals surface area contributed by atoms with Crippen molar-refractivity contribution in [1.29, 1.82) is 0 Å². The number of hydroxylamine groups is 2. The van der Waals surface area contributed by atoms with Crippen LogP contribution in [0, 0.1) is 5.92 Å². The van der Waals surface area contributed by atoms with Crippen LogP contribution in [0.15, 0.2) is 36.4 Å². The molecule has 0 saturated carbocycles. The lowest BCUT2D eigenvalue weighted by Crippen LogP contribution is -2.32. The molecule has 1 aromatic heterocycles. The van der Waals surface area contributed by atoms with E-state index in [-0.39, 0.29) is 12.8 Å². The first-order valence-electron chi connectivity index (χ1n) is 9.54. The SMILES string of the molecule is CC1CCN(c2ccc(-c3ccc(C(=O)ON4C(=O)CCC4=O)cc3)s2)CC1. The Bertz CT molecular complexity index is 881. The normalized spacial score (nSPS) is 18.0. The summed E-state index contributed by atoms with van der Waals surface area (Å²) in [5, 5.41) is 1.85. The maximum atomic E-state index is 12.2. The van der Waals surface area contributed by atoms with Gasteiger partial charge in [-0.3, -0.25) is 9.59 Å². The predicted molar refractivity (Wildman–Crippen MR) is 107 cm³/mol. The Morgan fingerprint density at radius 1 is 1.00 bits per heavy atom. The fourth-order valence-corrected chi connectivity index (χ4v) is 4.51. The molecule has 146 valence electrons. The fraction of sp³-hybridized carbons (Fsp3) is 0.381. The number of anilines is 1. The van der Waals surface area contributed by atoms with E-state index in [0.29, 0.717) is 10.6 Å². The highest BCUT2D eigenvalue weighted by molar-refractivity contribution is 7.19. The monoisotopic (exact) mass is 398 g/mol. The van der Waals surface area contributed by atoms with Crippen LogP contribution < -0.4 is 4.90 Å². The van der Waals surface area contributed by atoms with Gasteiger partial charge in [0.1, 0.15) is 0 Å². The Morgan fingerprint density at radius 3 is 2.29 bits per heavy atom. The number of imide groups is 1. The quantitative estimate of drug-likeness (QED) is 0.732. The Labute approximate surface area is 167 Å². The van der Waals surface area contributed by atoms with Crippen molar-refractivity contribution in [3.63, 3.8) is 0 Å². The Hall–Kier alpha value is -2.67. The van der Waals surface area contributed by atoms with Crippen molar-refractivity contribution in [1.82, 2.24) is 5.06 Å². The molecule has 0 unspecified atom stereocenters. The van der Waals surface area contributed by atoms with Gasteiger partial charge < -0.3 is 9.74 Å². The molecule has 0 bridgehead atoms. The number of rotatable bonds is 4. The van der Waals surface area contributed by atoms with Crippen LogP contribution in [-0.4, -0.2) is 35.9 Å². The number of carbonyl (C=O) groups is 3. The van der Waals surface area contributed by atoms with E-state index in [4.69, 9.17) is 4.84 Å². The van der Waals surface area contributed by atoms with Gasteiger partial charge in [-0.15, -0.1) is 16.4 Å². The van der Waals surface area contributed by atoms with Crippen LogP contribution in [0.25, 0.3) is 10.4 Å². The highest BCUT2D eigenvalue weighted by atomic mass is 32.1. The second-order valence-electron chi connectivity index (χ2n) is 7.35. The average molecular weight is 398 g/mol. The summed E-state index contributed by atoms with van der Waals surface area (Å²) in [5.74, 6) is -0.861. The molecule has 2 aromatic rings. The van der Waals surface area contributed by atoms with Crippen LogP contribution in [0.3, 0.4) is 0 Å². The van der Waals surface area contributed by atoms with Crippen molar-refractivity contribution < 1.29 is 19.2 Å². The van der Waals surface area contributed by atoms with E-state index in [1.165, 1.54) is 17.8 Å². The summed E-state index contributed by atoms with van der Waals surface area (Å²) in [6, 6.07) is 11.3. The second kappa shape index (κ2) is 7.75. The number of carbonyl (C=O) groups excluding carboxylic acids is 3. The molecule has 1 aromatic carbocycles. The van der Waals surface area contributed by atoms with Crippen molar-refractivity contribution in [2.24, 2.45) is 5.92 Å². The number of nitrogens with zero attached hydrogens (tertiary/aromatic N) is 2. The van der Waals surface area contributed by atoms with Gasteiger partial charge in [-0.25, -0.2) is 4.79 Å². The summed E-state index contributed by atoms with van der Waals surface area (Å²) in [6.07, 6.45) is 2.63. The van der Waals surface area contributed by atoms with Crippen LogP contribution in [-0.2, 0) is 14.4 Å². The smallest absolute Gasteiger partial charge is 0.363 e. The minimum absolute atomic E-state index is 0.0850. The molecule has 4 rings (SSSR count). The number of benzene rings is 1. The lowest BCUT2D eigenvalue weighted by Gasteiger charge is -2.30. The Kier molecular flexibility index (Phi) is 5.17. The summed E-state index contributed by atoms with van der Waals surface area (Å²) in [5.41, 5.74) is 1.32. The minimum atomic E-state index is -0.704. The zero-order chi connectivity index (χ0) is 19.7. The zero-order valence-corrected chi connectivity index (χ0v) is 16.5. The number of thiophene rings is 1. The van der Waals surface area contributed by atoms with Gasteiger partial charge >= 0.3 is 5.97 Å². The fourth-order valence-electron chi connectivity index (χ4n) is 3.45. The topological polar surface area (TPSA) is 66.9 Å². The first-order valence-corrected chi connectivity index (χ1v) is 10.4. The minimum Gasteiger partial charge on any atom is -0.363 e. The van der Waals surface area contributed by atoms with Crippen molar-refractivity contribution in [2.75, 3.05) is 18.0 Å². The van der Waals surface area contributed by atoms with Crippen LogP contribution in [0.5, 0.6) is 0 Å². The average Bonchev–Trinajstić information content (AvgIpc) is 3.31. The molecule has 0 atom stereocenters. The Balaban J connectivity index is 1.43. The molecule has 7 heteroatoms. The van der Waals surface area contributed by atoms with E-state index in [1.807, 2.05) is 12.1 Å². The van der Waals surface area contributed by atoms with Crippen LogP contribution in [0.1, 0.15) is 43.0 Å². The summed E-state index contributed by atoms with van der Waals surface area (Å²) in [7, 11) is 0. The van der Waals surface area contributed by atoms with Gasteiger partial charge in [0.05, 0.1) is 10.6 Å². The summed E-state index contributed by atoms with van der Waals surface area (Å²) in [4.78, 5) is 43.9. The van der Waals surface area contributed by atoms with E-state index >= 15 is 0 Å². The van der Waals surface area contributed by atoms with Crippen molar-refractivity contribution in [2.45, 2.75) is 32.6 Å². The molecule has 0 spiro atoms. The second-order valence-corrected chi connectivity index (χ2v) is 8.41. The number of amides is 2. The molecule has 28 heavy (non-hydrogen) atoms. The number of hydrogen-bond acceptors (Lipinski definition) is 6. The van der Waals surface area contributed by atoms with Crippen LogP contribution in [0.2, 0.25) is 0 Å². The van der Waals surface area contributed by atoms with Gasteiger partial charge in [-0.1, -0.05) is 19.1 Å². The third kappa shape index (κ3) is 3.80. The van der Waals surface area contributed by atoms with Gasteiger partial charge in [-0.2, -0.15) is 0 Å². The molecule has 2 aliphatic heterocycles.